The molecule has 1 aromatic heterocycles. The lowest BCUT2D eigenvalue weighted by Gasteiger charge is -2.41. The van der Waals surface area contributed by atoms with Gasteiger partial charge in [-0.1, -0.05) is 11.6 Å². The fraction of sp³-hybridized carbons (Fsp3) is 0.455. The van der Waals surface area contributed by atoms with Crippen LogP contribution in [0.3, 0.4) is 0 Å². The van der Waals surface area contributed by atoms with Crippen LogP contribution in [0.5, 0.6) is 0 Å². The van der Waals surface area contributed by atoms with Gasteiger partial charge in [-0.2, -0.15) is 5.26 Å². The molecule has 0 saturated heterocycles. The zero-order chi connectivity index (χ0) is 12.0. The molecular weight excluding hydrogens is 234 g/mol. The molecule has 0 amide bonds. The van der Waals surface area contributed by atoms with Crippen molar-refractivity contribution in [2.24, 2.45) is 0 Å². The molecule has 2 nitrogen and oxygen atoms in total. The molecule has 0 atom stereocenters. The van der Waals surface area contributed by atoms with Crippen molar-refractivity contribution >= 4 is 11.6 Å². The number of hydrogen-bond acceptors (Lipinski definition) is 2. The van der Waals surface area contributed by atoms with Crippen LogP contribution in [0.4, 0.5) is 8.78 Å². The van der Waals surface area contributed by atoms with E-state index in [9.17, 15) is 8.78 Å². The van der Waals surface area contributed by atoms with Gasteiger partial charge in [-0.25, -0.2) is 8.78 Å². The highest BCUT2D eigenvalue weighted by atomic mass is 35.5. The number of halogens is 3. The van der Waals surface area contributed by atoms with Crippen molar-refractivity contribution in [2.45, 2.75) is 31.1 Å². The first kappa shape index (κ1) is 11.3. The van der Waals surface area contributed by atoms with Crippen LogP contribution >= 0.6 is 11.6 Å². The highest BCUT2D eigenvalue weighted by molar-refractivity contribution is 6.31. The maximum Gasteiger partial charge on any atom is 0.252 e. The van der Waals surface area contributed by atoms with Crippen molar-refractivity contribution in [3.8, 4) is 6.07 Å². The van der Waals surface area contributed by atoms with E-state index in [1.807, 2.05) is 6.07 Å². The molecule has 1 saturated carbocycles. The van der Waals surface area contributed by atoms with Crippen molar-refractivity contribution in [1.29, 1.82) is 5.26 Å². The third kappa shape index (κ3) is 1.65. The van der Waals surface area contributed by atoms with Crippen LogP contribution in [0.25, 0.3) is 0 Å². The number of aromatic nitrogens is 1. The van der Waals surface area contributed by atoms with Gasteiger partial charge in [0.2, 0.25) is 0 Å². The summed E-state index contributed by atoms with van der Waals surface area (Å²) in [5, 5.41) is 9.50. The Labute approximate surface area is 96.9 Å². The minimum absolute atomic E-state index is 0.392. The van der Waals surface area contributed by atoms with Gasteiger partial charge in [0.1, 0.15) is 5.41 Å². The van der Waals surface area contributed by atoms with Crippen LogP contribution in [0.15, 0.2) is 12.3 Å². The zero-order valence-corrected chi connectivity index (χ0v) is 9.35. The SMILES string of the molecule is Cc1cc(C2(C#N)CC(F)(F)C2)ncc1Cl. The summed E-state index contributed by atoms with van der Waals surface area (Å²) < 4.78 is 25.8. The lowest BCUT2D eigenvalue weighted by atomic mass is 9.65. The standard InChI is InChI=1S/C11H9ClF2N2/c1-7-2-9(16-3-8(7)12)10(6-15)4-11(13,14)5-10/h2-3H,4-5H2,1H3. The molecule has 0 unspecified atom stereocenters. The van der Waals surface area contributed by atoms with Crippen LogP contribution < -0.4 is 0 Å². The van der Waals surface area contributed by atoms with Gasteiger partial charge in [0.05, 0.1) is 16.8 Å². The average Bonchev–Trinajstić information content (AvgIpc) is 2.18. The van der Waals surface area contributed by atoms with Crippen molar-refractivity contribution in [3.05, 3.63) is 28.5 Å². The minimum atomic E-state index is -2.75. The maximum atomic E-state index is 12.9. The van der Waals surface area contributed by atoms with Gasteiger partial charge < -0.3 is 0 Å². The Morgan fingerprint density at radius 3 is 2.56 bits per heavy atom. The van der Waals surface area contributed by atoms with E-state index in [2.05, 4.69) is 4.98 Å². The number of alkyl halides is 2. The third-order valence-electron chi connectivity index (χ3n) is 2.87. The van der Waals surface area contributed by atoms with Crippen molar-refractivity contribution < 1.29 is 8.78 Å². The van der Waals surface area contributed by atoms with E-state index in [1.54, 1.807) is 13.0 Å². The van der Waals surface area contributed by atoms with Gasteiger partial charge in [0, 0.05) is 19.0 Å². The molecule has 5 heteroatoms. The Hall–Kier alpha value is -1.21. The molecule has 84 valence electrons. The largest absolute Gasteiger partial charge is 0.258 e. The van der Waals surface area contributed by atoms with Crippen molar-refractivity contribution in [3.63, 3.8) is 0 Å². The summed E-state index contributed by atoms with van der Waals surface area (Å²) in [5.74, 6) is -2.75. The first-order chi connectivity index (χ1) is 7.38. The zero-order valence-electron chi connectivity index (χ0n) is 8.60. The molecule has 1 aliphatic rings. The molecule has 1 aromatic rings. The molecule has 0 aliphatic heterocycles. The van der Waals surface area contributed by atoms with E-state index in [0.29, 0.717) is 10.7 Å². The fourth-order valence-corrected chi connectivity index (χ4v) is 2.05. The second kappa shape index (κ2) is 3.39. The number of rotatable bonds is 1. The van der Waals surface area contributed by atoms with Gasteiger partial charge >= 0.3 is 0 Å². The summed E-state index contributed by atoms with van der Waals surface area (Å²) in [6.45, 7) is 1.76. The maximum absolute atomic E-state index is 12.9. The molecule has 1 fully saturated rings. The summed E-state index contributed by atoms with van der Waals surface area (Å²) in [5.41, 5.74) is -0.00176. The highest BCUT2D eigenvalue weighted by Gasteiger charge is 2.59. The Balaban J connectivity index is 2.37. The molecule has 1 aliphatic carbocycles. The summed E-state index contributed by atoms with van der Waals surface area (Å²) >= 11 is 5.80. The van der Waals surface area contributed by atoms with Gasteiger partial charge in [-0.05, 0) is 18.6 Å². The van der Waals surface area contributed by atoms with Crippen molar-refractivity contribution in [1.82, 2.24) is 4.98 Å². The molecule has 0 spiro atoms. The Morgan fingerprint density at radius 1 is 1.50 bits per heavy atom. The molecule has 0 radical (unpaired) electrons. The Morgan fingerprint density at radius 2 is 2.12 bits per heavy atom. The molecule has 0 aromatic carbocycles. The smallest absolute Gasteiger partial charge is 0.252 e. The Bertz CT molecular complexity index is 471. The van der Waals surface area contributed by atoms with E-state index in [-0.39, 0.29) is 0 Å². The lowest BCUT2D eigenvalue weighted by molar-refractivity contribution is -0.110. The van der Waals surface area contributed by atoms with E-state index >= 15 is 0 Å². The van der Waals surface area contributed by atoms with Crippen LogP contribution in [-0.4, -0.2) is 10.9 Å². The number of hydrogen-bond donors (Lipinski definition) is 0. The molecule has 0 bridgehead atoms. The summed E-state index contributed by atoms with van der Waals surface area (Å²) in [7, 11) is 0. The Kier molecular flexibility index (Phi) is 2.39. The second-order valence-electron chi connectivity index (χ2n) is 4.22. The van der Waals surface area contributed by atoms with E-state index in [1.165, 1.54) is 6.20 Å². The van der Waals surface area contributed by atoms with Gasteiger partial charge in [-0.3, -0.25) is 4.98 Å². The van der Waals surface area contributed by atoms with Crippen molar-refractivity contribution in [2.75, 3.05) is 0 Å². The van der Waals surface area contributed by atoms with Gasteiger partial charge in [-0.15, -0.1) is 0 Å². The molecule has 16 heavy (non-hydrogen) atoms. The summed E-state index contributed by atoms with van der Waals surface area (Å²) in [6, 6.07) is 3.56. The normalized spacial score (nSPS) is 20.9. The first-order valence-electron chi connectivity index (χ1n) is 4.80. The van der Waals surface area contributed by atoms with E-state index < -0.39 is 24.2 Å². The van der Waals surface area contributed by atoms with Crippen LogP contribution in [-0.2, 0) is 5.41 Å². The molecule has 1 heterocycles. The van der Waals surface area contributed by atoms with Crippen LogP contribution in [0, 0.1) is 18.3 Å². The van der Waals surface area contributed by atoms with Crippen LogP contribution in [0.1, 0.15) is 24.1 Å². The third-order valence-corrected chi connectivity index (χ3v) is 3.27. The number of nitriles is 1. The molecular formula is C11H9ClF2N2. The molecule has 2 rings (SSSR count). The molecule has 0 N–H and O–H groups in total. The number of nitrogens with zero attached hydrogens (tertiary/aromatic N) is 2. The fourth-order valence-electron chi connectivity index (χ4n) is 1.95. The lowest BCUT2D eigenvalue weighted by Crippen LogP contribution is -2.48. The first-order valence-corrected chi connectivity index (χ1v) is 5.18. The summed E-state index contributed by atoms with van der Waals surface area (Å²) in [6.07, 6.45) is 0.497. The van der Waals surface area contributed by atoms with E-state index in [4.69, 9.17) is 16.9 Å². The van der Waals surface area contributed by atoms with Gasteiger partial charge in [0.15, 0.2) is 0 Å². The number of pyridine rings is 1. The summed E-state index contributed by atoms with van der Waals surface area (Å²) in [4.78, 5) is 3.98. The quantitative estimate of drug-likeness (QED) is 0.758. The minimum Gasteiger partial charge on any atom is -0.258 e. The second-order valence-corrected chi connectivity index (χ2v) is 4.63. The monoisotopic (exact) mass is 242 g/mol. The van der Waals surface area contributed by atoms with E-state index in [0.717, 1.165) is 5.56 Å². The predicted octanol–water partition coefficient (Wildman–Crippen LogP) is 3.23. The highest BCUT2D eigenvalue weighted by Crippen LogP contribution is 2.52. The predicted molar refractivity (Wildman–Crippen MR) is 55.5 cm³/mol. The topological polar surface area (TPSA) is 36.7 Å². The van der Waals surface area contributed by atoms with Gasteiger partial charge in [0.25, 0.3) is 5.92 Å². The average molecular weight is 243 g/mol. The van der Waals surface area contributed by atoms with Crippen LogP contribution in [0.2, 0.25) is 5.02 Å². The number of aryl methyl sites for hydroxylation is 1.